The van der Waals surface area contributed by atoms with Crippen LogP contribution < -0.4 is 14.2 Å². The van der Waals surface area contributed by atoms with E-state index in [9.17, 15) is 4.79 Å². The topological polar surface area (TPSA) is 44.8 Å². The van der Waals surface area contributed by atoms with Crippen LogP contribution in [0.3, 0.4) is 0 Å². The lowest BCUT2D eigenvalue weighted by atomic mass is 10.0. The Morgan fingerprint density at radius 2 is 1.61 bits per heavy atom. The highest BCUT2D eigenvalue weighted by Gasteiger charge is 2.13. The zero-order valence-corrected chi connectivity index (χ0v) is 19.1. The Morgan fingerprint density at radius 1 is 1.00 bits per heavy atom. The zero-order valence-electron chi connectivity index (χ0n) is 19.1. The molecule has 0 atom stereocenters. The van der Waals surface area contributed by atoms with Crippen molar-refractivity contribution < 1.29 is 19.0 Å². The van der Waals surface area contributed by atoms with Gasteiger partial charge in [-0.05, 0) is 89.1 Å². The average molecular weight is 421 g/mol. The summed E-state index contributed by atoms with van der Waals surface area (Å²) in [5.74, 6) is 2.58. The van der Waals surface area contributed by atoms with Crippen molar-refractivity contribution in [3.8, 4) is 17.2 Å². The van der Waals surface area contributed by atoms with E-state index in [1.165, 1.54) is 0 Å². The van der Waals surface area contributed by atoms with Crippen LogP contribution in [0.1, 0.15) is 56.1 Å². The number of hydrogen-bond donors (Lipinski definition) is 0. The minimum Gasteiger partial charge on any atom is -0.491 e. The Balaban J connectivity index is 2.34. The van der Waals surface area contributed by atoms with Gasteiger partial charge < -0.3 is 14.2 Å². The molecule has 2 aromatic rings. The second-order valence-corrected chi connectivity index (χ2v) is 7.85. The summed E-state index contributed by atoms with van der Waals surface area (Å²) < 4.78 is 17.4. The van der Waals surface area contributed by atoms with Gasteiger partial charge in [-0.2, -0.15) is 0 Å². The molecule has 2 aromatic carbocycles. The summed E-state index contributed by atoms with van der Waals surface area (Å²) >= 11 is 0. The lowest BCUT2D eigenvalue weighted by molar-refractivity contribution is 0.104. The van der Waals surface area contributed by atoms with E-state index in [0.717, 1.165) is 16.9 Å². The first-order chi connectivity index (χ1) is 14.7. The number of hydrogen-bond acceptors (Lipinski definition) is 4. The van der Waals surface area contributed by atoms with E-state index in [1.54, 1.807) is 43.3 Å². The maximum Gasteiger partial charge on any atom is 0.185 e. The minimum atomic E-state index is -0.106. The van der Waals surface area contributed by atoms with E-state index in [2.05, 4.69) is 13.2 Å². The molecular formula is C27H32O4. The number of rotatable bonds is 11. The Labute approximate surface area is 185 Å². The molecule has 0 fully saturated rings. The predicted octanol–water partition coefficient (Wildman–Crippen LogP) is 6.80. The van der Waals surface area contributed by atoms with Crippen molar-refractivity contribution in [3.63, 3.8) is 0 Å². The van der Waals surface area contributed by atoms with Crippen LogP contribution in [-0.4, -0.2) is 18.0 Å². The first kappa shape index (κ1) is 24.0. The van der Waals surface area contributed by atoms with Crippen LogP contribution in [-0.2, 0) is 6.42 Å². The average Bonchev–Trinajstić information content (AvgIpc) is 2.68. The molecule has 0 saturated heterocycles. The van der Waals surface area contributed by atoms with Crippen molar-refractivity contribution in [2.24, 2.45) is 0 Å². The van der Waals surface area contributed by atoms with Crippen molar-refractivity contribution in [1.29, 1.82) is 0 Å². The van der Waals surface area contributed by atoms with Gasteiger partial charge in [0.05, 0.1) is 18.0 Å². The van der Waals surface area contributed by atoms with Gasteiger partial charge in [0.25, 0.3) is 0 Å². The van der Waals surface area contributed by atoms with E-state index in [0.29, 0.717) is 29.2 Å². The fraction of sp³-hybridized carbons (Fsp3) is 0.296. The van der Waals surface area contributed by atoms with Gasteiger partial charge in [-0.15, -0.1) is 6.58 Å². The highest BCUT2D eigenvalue weighted by atomic mass is 16.5. The zero-order chi connectivity index (χ0) is 23.0. The van der Waals surface area contributed by atoms with Crippen molar-refractivity contribution in [1.82, 2.24) is 0 Å². The third kappa shape index (κ3) is 7.49. The van der Waals surface area contributed by atoms with E-state index in [-0.39, 0.29) is 18.0 Å². The summed E-state index contributed by atoms with van der Waals surface area (Å²) in [5.41, 5.74) is 2.38. The molecular weight excluding hydrogens is 388 g/mol. The molecule has 0 aliphatic carbocycles. The van der Waals surface area contributed by atoms with Crippen LogP contribution in [0.2, 0.25) is 0 Å². The van der Waals surface area contributed by atoms with Crippen molar-refractivity contribution >= 4 is 11.9 Å². The van der Waals surface area contributed by atoms with Gasteiger partial charge in [0.15, 0.2) is 5.78 Å². The van der Waals surface area contributed by atoms with Crippen LogP contribution in [0.4, 0.5) is 0 Å². The molecule has 164 valence electrons. The number of ketones is 1. The highest BCUT2D eigenvalue weighted by molar-refractivity contribution is 6.07. The lowest BCUT2D eigenvalue weighted by Gasteiger charge is -2.19. The van der Waals surface area contributed by atoms with Gasteiger partial charge >= 0.3 is 0 Å². The number of carbonyl (C=O) groups excluding carboxylic acids is 1. The lowest BCUT2D eigenvalue weighted by Crippen LogP contribution is -2.10. The molecule has 0 unspecified atom stereocenters. The summed E-state index contributed by atoms with van der Waals surface area (Å²) in [5, 5.41) is 0. The predicted molar refractivity (Wildman–Crippen MR) is 127 cm³/mol. The highest BCUT2D eigenvalue weighted by Crippen LogP contribution is 2.32. The molecule has 0 aliphatic rings. The van der Waals surface area contributed by atoms with Crippen LogP contribution >= 0.6 is 0 Å². The van der Waals surface area contributed by atoms with Crippen LogP contribution in [0.15, 0.2) is 67.5 Å². The molecule has 0 spiro atoms. The number of benzene rings is 2. The molecule has 0 radical (unpaired) electrons. The molecule has 0 bridgehead atoms. The monoisotopic (exact) mass is 420 g/mol. The molecule has 31 heavy (non-hydrogen) atoms. The largest absolute Gasteiger partial charge is 0.491 e. The fourth-order valence-electron chi connectivity index (χ4n) is 2.94. The Hall–Kier alpha value is -3.27. The molecule has 0 aliphatic heterocycles. The quantitative estimate of drug-likeness (QED) is 0.174. The van der Waals surface area contributed by atoms with E-state index < -0.39 is 0 Å². The summed E-state index contributed by atoms with van der Waals surface area (Å²) in [7, 11) is 0. The third-order valence-electron chi connectivity index (χ3n) is 4.13. The standard InChI is InChI=1S/C27H32O4/c1-8-9-22-16-23(27(31-20(6)7)17-26(22)30-19(4)5)12-15-25(28)21-10-13-24(14-11-21)29-18(2)3/h8,10-17,19-20H,1-2,9H2,3-7H3. The normalized spacial score (nSPS) is 11.1. The van der Waals surface area contributed by atoms with Gasteiger partial charge in [-0.25, -0.2) is 0 Å². The fourth-order valence-corrected chi connectivity index (χ4v) is 2.94. The first-order valence-electron chi connectivity index (χ1n) is 10.5. The Morgan fingerprint density at radius 3 is 2.16 bits per heavy atom. The molecule has 0 amide bonds. The summed E-state index contributed by atoms with van der Waals surface area (Å²) in [6.45, 7) is 17.2. The van der Waals surface area contributed by atoms with Crippen molar-refractivity contribution in [2.75, 3.05) is 0 Å². The van der Waals surface area contributed by atoms with Gasteiger partial charge in [0, 0.05) is 17.2 Å². The Bertz CT molecular complexity index is 950. The van der Waals surface area contributed by atoms with E-state index >= 15 is 0 Å². The second kappa shape index (κ2) is 11.2. The van der Waals surface area contributed by atoms with E-state index in [4.69, 9.17) is 14.2 Å². The van der Waals surface area contributed by atoms with E-state index in [1.807, 2.05) is 45.9 Å². The van der Waals surface area contributed by atoms with Crippen molar-refractivity contribution in [2.45, 2.75) is 53.2 Å². The SMILES string of the molecule is C=CCc1cc(C=CC(=O)c2ccc(OC(=C)C)cc2)c(OC(C)C)cc1OC(C)C. The first-order valence-corrected chi connectivity index (χ1v) is 10.5. The van der Waals surface area contributed by atoms with Gasteiger partial charge in [0.1, 0.15) is 17.2 Å². The molecule has 4 nitrogen and oxygen atoms in total. The van der Waals surface area contributed by atoms with Gasteiger partial charge in [0.2, 0.25) is 0 Å². The summed E-state index contributed by atoms with van der Waals surface area (Å²) in [6.07, 6.45) is 5.85. The number of carbonyl (C=O) groups is 1. The molecule has 0 aromatic heterocycles. The molecule has 0 N–H and O–H groups in total. The van der Waals surface area contributed by atoms with Gasteiger partial charge in [-0.1, -0.05) is 12.7 Å². The maximum atomic E-state index is 12.7. The minimum absolute atomic E-state index is 0.0131. The molecule has 0 saturated carbocycles. The number of allylic oxidation sites excluding steroid dienone is 3. The molecule has 2 rings (SSSR count). The van der Waals surface area contributed by atoms with Crippen LogP contribution in [0.25, 0.3) is 6.08 Å². The third-order valence-corrected chi connectivity index (χ3v) is 4.13. The second-order valence-electron chi connectivity index (χ2n) is 7.85. The summed E-state index contributed by atoms with van der Waals surface area (Å²) in [4.78, 5) is 12.7. The maximum absolute atomic E-state index is 12.7. The summed E-state index contributed by atoms with van der Waals surface area (Å²) in [6, 6.07) is 10.9. The molecule has 0 heterocycles. The Kier molecular flexibility index (Phi) is 8.68. The van der Waals surface area contributed by atoms with Crippen molar-refractivity contribution in [3.05, 3.63) is 84.2 Å². The smallest absolute Gasteiger partial charge is 0.185 e. The van der Waals surface area contributed by atoms with Crippen LogP contribution in [0, 0.1) is 0 Å². The van der Waals surface area contributed by atoms with Crippen LogP contribution in [0.5, 0.6) is 17.2 Å². The number of ether oxygens (including phenoxy) is 3. The van der Waals surface area contributed by atoms with Gasteiger partial charge in [-0.3, -0.25) is 4.79 Å². The molecule has 4 heteroatoms.